The van der Waals surface area contributed by atoms with Crippen molar-refractivity contribution in [2.24, 2.45) is 0 Å². The average molecular weight is 214 g/mol. The first-order valence-corrected chi connectivity index (χ1v) is 6.94. The maximum atomic E-state index is 3.41. The van der Waals surface area contributed by atoms with Crippen molar-refractivity contribution in [2.75, 3.05) is 32.4 Å². The van der Waals surface area contributed by atoms with E-state index >= 15 is 0 Å². The van der Waals surface area contributed by atoms with Gasteiger partial charge in [0.05, 0.1) is 0 Å². The fraction of sp³-hybridized carbons (Fsp3) is 1.00. The molecule has 14 heavy (non-hydrogen) atoms. The number of piperidine rings is 1. The van der Waals surface area contributed by atoms with Crippen molar-refractivity contribution in [1.82, 2.24) is 10.2 Å². The van der Waals surface area contributed by atoms with Crippen molar-refractivity contribution in [3.05, 3.63) is 0 Å². The molecule has 2 aliphatic rings. The highest BCUT2D eigenvalue weighted by molar-refractivity contribution is 8.00. The van der Waals surface area contributed by atoms with Crippen LogP contribution in [0.5, 0.6) is 0 Å². The van der Waals surface area contributed by atoms with E-state index in [2.05, 4.69) is 29.0 Å². The first-order valence-electron chi connectivity index (χ1n) is 5.89. The summed E-state index contributed by atoms with van der Waals surface area (Å²) in [6.45, 7) is 3.94. The molecule has 0 aromatic rings. The summed E-state index contributed by atoms with van der Waals surface area (Å²) in [6, 6.07) is 0.746. The molecule has 2 aliphatic heterocycles. The molecule has 0 saturated carbocycles. The van der Waals surface area contributed by atoms with Gasteiger partial charge < -0.3 is 10.2 Å². The fourth-order valence-electron chi connectivity index (χ4n) is 2.53. The Balaban J connectivity index is 1.73. The van der Waals surface area contributed by atoms with E-state index in [9.17, 15) is 0 Å². The summed E-state index contributed by atoms with van der Waals surface area (Å²) in [6.07, 6.45) is 5.64. The topological polar surface area (TPSA) is 15.3 Å². The molecule has 3 heteroatoms. The monoisotopic (exact) mass is 214 g/mol. The maximum absolute atomic E-state index is 3.41. The summed E-state index contributed by atoms with van der Waals surface area (Å²) in [4.78, 5) is 2.66. The maximum Gasteiger partial charge on any atom is 0.0192 e. The number of nitrogens with one attached hydrogen (secondary N) is 1. The Morgan fingerprint density at radius 1 is 1.36 bits per heavy atom. The Kier molecular flexibility index (Phi) is 4.14. The second-order valence-corrected chi connectivity index (χ2v) is 5.93. The molecule has 2 saturated heterocycles. The van der Waals surface area contributed by atoms with Crippen LogP contribution in [0.2, 0.25) is 0 Å². The van der Waals surface area contributed by atoms with Gasteiger partial charge in [-0.1, -0.05) is 0 Å². The Bertz CT molecular complexity index is 169. The highest BCUT2D eigenvalue weighted by Gasteiger charge is 2.23. The minimum atomic E-state index is 0.746. The van der Waals surface area contributed by atoms with E-state index in [0.29, 0.717) is 0 Å². The van der Waals surface area contributed by atoms with Gasteiger partial charge in [0.25, 0.3) is 0 Å². The van der Waals surface area contributed by atoms with Crippen LogP contribution in [0.3, 0.4) is 0 Å². The number of likely N-dealkylation sites (tertiary alicyclic amines) is 1. The van der Waals surface area contributed by atoms with Crippen LogP contribution in [0.25, 0.3) is 0 Å². The molecule has 0 spiro atoms. The third-order valence-electron chi connectivity index (χ3n) is 3.40. The second-order valence-electron chi connectivity index (χ2n) is 4.52. The van der Waals surface area contributed by atoms with Crippen LogP contribution in [0.4, 0.5) is 0 Å². The van der Waals surface area contributed by atoms with Crippen molar-refractivity contribution in [1.29, 1.82) is 0 Å². The van der Waals surface area contributed by atoms with Crippen LogP contribution >= 0.6 is 11.8 Å². The van der Waals surface area contributed by atoms with E-state index in [0.717, 1.165) is 11.3 Å². The summed E-state index contributed by atoms with van der Waals surface area (Å²) < 4.78 is 0. The Labute approximate surface area is 91.8 Å². The van der Waals surface area contributed by atoms with Crippen molar-refractivity contribution in [2.45, 2.75) is 37.0 Å². The van der Waals surface area contributed by atoms with Crippen LogP contribution in [0.1, 0.15) is 25.7 Å². The number of hydrogen-bond donors (Lipinski definition) is 1. The number of nitrogens with zero attached hydrogens (tertiary/aromatic N) is 1. The molecule has 1 N–H and O–H groups in total. The van der Waals surface area contributed by atoms with Crippen molar-refractivity contribution in [3.8, 4) is 0 Å². The number of hydrogen-bond acceptors (Lipinski definition) is 3. The SMILES string of the molecule is CNC1CCCN(CC2CCCS2)C1. The van der Waals surface area contributed by atoms with E-state index in [4.69, 9.17) is 0 Å². The van der Waals surface area contributed by atoms with Gasteiger partial charge in [0.15, 0.2) is 0 Å². The third-order valence-corrected chi connectivity index (χ3v) is 4.78. The lowest BCUT2D eigenvalue weighted by molar-refractivity contribution is 0.195. The third kappa shape index (κ3) is 2.88. The molecule has 2 unspecified atom stereocenters. The molecule has 2 fully saturated rings. The van der Waals surface area contributed by atoms with Gasteiger partial charge in [-0.15, -0.1) is 0 Å². The molecule has 82 valence electrons. The number of likely N-dealkylation sites (N-methyl/N-ethyl adjacent to an activating group) is 1. The Morgan fingerprint density at radius 3 is 3.00 bits per heavy atom. The molecule has 0 amide bonds. The quantitative estimate of drug-likeness (QED) is 0.768. The van der Waals surface area contributed by atoms with E-state index in [1.807, 2.05) is 0 Å². The molecule has 2 atom stereocenters. The van der Waals surface area contributed by atoms with E-state index < -0.39 is 0 Å². The molecule has 0 aromatic heterocycles. The predicted molar refractivity (Wildman–Crippen MR) is 64.0 cm³/mol. The minimum absolute atomic E-state index is 0.746. The highest BCUT2D eigenvalue weighted by Crippen LogP contribution is 2.27. The second kappa shape index (κ2) is 5.38. The first kappa shape index (κ1) is 10.8. The molecule has 0 bridgehead atoms. The number of thioether (sulfide) groups is 1. The van der Waals surface area contributed by atoms with Crippen LogP contribution in [0, 0.1) is 0 Å². The summed E-state index contributed by atoms with van der Waals surface area (Å²) >= 11 is 2.18. The Morgan fingerprint density at radius 2 is 2.29 bits per heavy atom. The van der Waals surface area contributed by atoms with Crippen LogP contribution in [0.15, 0.2) is 0 Å². The largest absolute Gasteiger partial charge is 0.316 e. The molecule has 0 aromatic carbocycles. The van der Waals surface area contributed by atoms with Crippen molar-refractivity contribution < 1.29 is 0 Å². The molecule has 2 rings (SSSR count). The number of rotatable bonds is 3. The predicted octanol–water partition coefficient (Wildman–Crippen LogP) is 1.57. The minimum Gasteiger partial charge on any atom is -0.316 e. The first-order chi connectivity index (χ1) is 6.88. The van der Waals surface area contributed by atoms with Crippen molar-refractivity contribution >= 4 is 11.8 Å². The lowest BCUT2D eigenvalue weighted by Crippen LogP contribution is -2.46. The molecule has 0 aliphatic carbocycles. The molecular formula is C11H22N2S. The van der Waals surface area contributed by atoms with E-state index in [-0.39, 0.29) is 0 Å². The van der Waals surface area contributed by atoms with Gasteiger partial charge in [0.2, 0.25) is 0 Å². The molecular weight excluding hydrogens is 192 g/mol. The summed E-state index contributed by atoms with van der Waals surface area (Å²) in [5.74, 6) is 1.40. The van der Waals surface area contributed by atoms with Gasteiger partial charge in [0.1, 0.15) is 0 Å². The Hall–Kier alpha value is 0.270. The molecule has 2 heterocycles. The zero-order valence-corrected chi connectivity index (χ0v) is 9.98. The van der Waals surface area contributed by atoms with E-state index in [1.165, 1.54) is 51.1 Å². The smallest absolute Gasteiger partial charge is 0.0192 e. The normalized spacial score (nSPS) is 34.9. The summed E-state index contributed by atoms with van der Waals surface area (Å²) in [7, 11) is 2.10. The van der Waals surface area contributed by atoms with Gasteiger partial charge in [0, 0.05) is 24.4 Å². The lowest BCUT2D eigenvalue weighted by Gasteiger charge is -2.33. The summed E-state index contributed by atoms with van der Waals surface area (Å²) in [5, 5.41) is 4.35. The van der Waals surface area contributed by atoms with Crippen LogP contribution in [-0.2, 0) is 0 Å². The van der Waals surface area contributed by atoms with Gasteiger partial charge in [-0.3, -0.25) is 0 Å². The highest BCUT2D eigenvalue weighted by atomic mass is 32.2. The van der Waals surface area contributed by atoms with Crippen LogP contribution < -0.4 is 5.32 Å². The van der Waals surface area contributed by atoms with E-state index in [1.54, 1.807) is 0 Å². The average Bonchev–Trinajstić information content (AvgIpc) is 2.71. The zero-order valence-electron chi connectivity index (χ0n) is 9.17. The van der Waals surface area contributed by atoms with Gasteiger partial charge >= 0.3 is 0 Å². The van der Waals surface area contributed by atoms with Crippen molar-refractivity contribution in [3.63, 3.8) is 0 Å². The lowest BCUT2D eigenvalue weighted by atomic mass is 10.1. The molecule has 2 nitrogen and oxygen atoms in total. The summed E-state index contributed by atoms with van der Waals surface area (Å²) in [5.41, 5.74) is 0. The van der Waals surface area contributed by atoms with Gasteiger partial charge in [-0.05, 0) is 45.0 Å². The van der Waals surface area contributed by atoms with Gasteiger partial charge in [-0.25, -0.2) is 0 Å². The van der Waals surface area contributed by atoms with Crippen LogP contribution in [-0.4, -0.2) is 48.6 Å². The van der Waals surface area contributed by atoms with Gasteiger partial charge in [-0.2, -0.15) is 11.8 Å². The zero-order chi connectivity index (χ0) is 9.80. The molecule has 0 radical (unpaired) electrons. The fourth-order valence-corrected chi connectivity index (χ4v) is 3.85. The standard InChI is InChI=1S/C11H22N2S/c1-12-10-4-2-6-13(8-10)9-11-5-3-7-14-11/h10-12H,2-9H2,1H3.